The highest BCUT2D eigenvalue weighted by Gasteiger charge is 2.08. The number of halogens is 2. The fourth-order valence-electron chi connectivity index (χ4n) is 1.37. The molecule has 2 aromatic rings. The summed E-state index contributed by atoms with van der Waals surface area (Å²) in [6.07, 6.45) is 0. The molecule has 0 radical (unpaired) electrons. The van der Waals surface area contributed by atoms with E-state index in [1.165, 1.54) is 12.1 Å². The van der Waals surface area contributed by atoms with Gasteiger partial charge in [-0.05, 0) is 29.8 Å². The van der Waals surface area contributed by atoms with Crippen LogP contribution in [0, 0.1) is 11.6 Å². The summed E-state index contributed by atoms with van der Waals surface area (Å²) in [6, 6.07) is 10.8. The van der Waals surface area contributed by atoms with E-state index in [0.29, 0.717) is 5.69 Å². The second kappa shape index (κ2) is 4.82. The fourth-order valence-corrected chi connectivity index (χ4v) is 1.37. The van der Waals surface area contributed by atoms with E-state index in [4.69, 9.17) is 10.5 Å². The van der Waals surface area contributed by atoms with Crippen molar-refractivity contribution >= 4 is 5.69 Å². The Kier molecular flexibility index (Phi) is 3.23. The van der Waals surface area contributed by atoms with Gasteiger partial charge in [0.25, 0.3) is 0 Å². The fraction of sp³-hybridized carbons (Fsp3) is 0.0769. The third-order valence-corrected chi connectivity index (χ3v) is 2.29. The topological polar surface area (TPSA) is 35.2 Å². The predicted molar refractivity (Wildman–Crippen MR) is 61.5 cm³/mol. The minimum absolute atomic E-state index is 0.0955. The van der Waals surface area contributed by atoms with E-state index in [1.54, 1.807) is 24.3 Å². The van der Waals surface area contributed by atoms with Gasteiger partial charge in [-0.15, -0.1) is 0 Å². The molecule has 0 aromatic heterocycles. The van der Waals surface area contributed by atoms with Crippen molar-refractivity contribution in [3.05, 3.63) is 59.7 Å². The van der Waals surface area contributed by atoms with E-state index in [1.807, 2.05) is 0 Å². The van der Waals surface area contributed by atoms with Gasteiger partial charge in [0.1, 0.15) is 6.61 Å². The van der Waals surface area contributed by atoms with Crippen molar-refractivity contribution in [1.29, 1.82) is 0 Å². The first-order chi connectivity index (χ1) is 8.16. The molecule has 4 heteroatoms. The number of rotatable bonds is 3. The van der Waals surface area contributed by atoms with Crippen LogP contribution >= 0.6 is 0 Å². The van der Waals surface area contributed by atoms with Crippen LogP contribution in [0.4, 0.5) is 14.5 Å². The van der Waals surface area contributed by atoms with Crippen molar-refractivity contribution in [2.24, 2.45) is 0 Å². The monoisotopic (exact) mass is 235 g/mol. The number of ether oxygens (including phenoxy) is 1. The molecule has 2 N–H and O–H groups in total. The van der Waals surface area contributed by atoms with Crippen LogP contribution < -0.4 is 10.5 Å². The maximum Gasteiger partial charge on any atom is 0.200 e. The molecule has 0 spiro atoms. The quantitative estimate of drug-likeness (QED) is 0.829. The minimum atomic E-state index is -0.969. The summed E-state index contributed by atoms with van der Waals surface area (Å²) in [5.41, 5.74) is 7.01. The average molecular weight is 235 g/mol. The van der Waals surface area contributed by atoms with Crippen molar-refractivity contribution in [2.45, 2.75) is 6.61 Å². The number of hydrogen-bond acceptors (Lipinski definition) is 2. The SMILES string of the molecule is Nc1ccc(COc2cccc(F)c2F)cc1. The van der Waals surface area contributed by atoms with E-state index >= 15 is 0 Å². The average Bonchev–Trinajstić information content (AvgIpc) is 2.33. The van der Waals surface area contributed by atoms with Crippen LogP contribution in [0.5, 0.6) is 5.75 Å². The van der Waals surface area contributed by atoms with Crippen molar-refractivity contribution in [1.82, 2.24) is 0 Å². The summed E-state index contributed by atoms with van der Waals surface area (Å²) < 4.78 is 31.3. The molecule has 0 aliphatic heterocycles. The van der Waals surface area contributed by atoms with Gasteiger partial charge in [-0.2, -0.15) is 4.39 Å². The van der Waals surface area contributed by atoms with Crippen molar-refractivity contribution in [2.75, 3.05) is 5.73 Å². The van der Waals surface area contributed by atoms with Crippen LogP contribution in [-0.4, -0.2) is 0 Å². The number of benzene rings is 2. The molecule has 0 fully saturated rings. The molecule has 0 atom stereocenters. The zero-order valence-electron chi connectivity index (χ0n) is 8.99. The summed E-state index contributed by atoms with van der Waals surface area (Å²) in [5.74, 6) is -1.98. The second-order valence-electron chi connectivity index (χ2n) is 3.58. The Morgan fingerprint density at radius 3 is 2.41 bits per heavy atom. The van der Waals surface area contributed by atoms with Gasteiger partial charge in [-0.3, -0.25) is 0 Å². The zero-order chi connectivity index (χ0) is 12.3. The maximum atomic E-state index is 13.2. The summed E-state index contributed by atoms with van der Waals surface area (Å²) in [6.45, 7) is 0.167. The molecule has 2 aromatic carbocycles. The summed E-state index contributed by atoms with van der Waals surface area (Å²) in [4.78, 5) is 0. The van der Waals surface area contributed by atoms with Crippen LogP contribution in [0.25, 0.3) is 0 Å². The molecule has 0 saturated heterocycles. The molecule has 0 amide bonds. The first kappa shape index (κ1) is 11.4. The van der Waals surface area contributed by atoms with Crippen LogP contribution in [-0.2, 0) is 6.61 Å². The molecule has 0 saturated carbocycles. The van der Waals surface area contributed by atoms with E-state index in [9.17, 15) is 8.78 Å². The molecular weight excluding hydrogens is 224 g/mol. The smallest absolute Gasteiger partial charge is 0.200 e. The highest BCUT2D eigenvalue weighted by Crippen LogP contribution is 2.20. The predicted octanol–water partition coefficient (Wildman–Crippen LogP) is 3.13. The summed E-state index contributed by atoms with van der Waals surface area (Å²) >= 11 is 0. The molecule has 2 rings (SSSR count). The lowest BCUT2D eigenvalue weighted by atomic mass is 10.2. The first-order valence-electron chi connectivity index (χ1n) is 5.08. The molecule has 0 aliphatic carbocycles. The van der Waals surface area contributed by atoms with E-state index in [-0.39, 0.29) is 12.4 Å². The van der Waals surface area contributed by atoms with Gasteiger partial charge in [0.15, 0.2) is 11.6 Å². The third-order valence-electron chi connectivity index (χ3n) is 2.29. The van der Waals surface area contributed by atoms with Gasteiger partial charge in [0.05, 0.1) is 0 Å². The molecule has 0 heterocycles. The standard InChI is InChI=1S/C13H11F2NO/c14-11-2-1-3-12(13(11)15)17-8-9-4-6-10(16)7-5-9/h1-7H,8,16H2. The molecule has 17 heavy (non-hydrogen) atoms. The van der Waals surface area contributed by atoms with Crippen LogP contribution in [0.3, 0.4) is 0 Å². The highest BCUT2D eigenvalue weighted by molar-refractivity contribution is 5.39. The van der Waals surface area contributed by atoms with Gasteiger partial charge < -0.3 is 10.5 Å². The molecular formula is C13H11F2NO. The van der Waals surface area contributed by atoms with Crippen LogP contribution in [0.15, 0.2) is 42.5 Å². The van der Waals surface area contributed by atoms with Crippen molar-refractivity contribution < 1.29 is 13.5 Å². The lowest BCUT2D eigenvalue weighted by Gasteiger charge is -2.07. The first-order valence-corrected chi connectivity index (χ1v) is 5.08. The number of hydrogen-bond donors (Lipinski definition) is 1. The van der Waals surface area contributed by atoms with Crippen LogP contribution in [0.2, 0.25) is 0 Å². The van der Waals surface area contributed by atoms with Crippen molar-refractivity contribution in [3.63, 3.8) is 0 Å². The lowest BCUT2D eigenvalue weighted by molar-refractivity contribution is 0.284. The summed E-state index contributed by atoms with van der Waals surface area (Å²) in [7, 11) is 0. The van der Waals surface area contributed by atoms with Gasteiger partial charge in [0, 0.05) is 5.69 Å². The summed E-state index contributed by atoms with van der Waals surface area (Å²) in [5, 5.41) is 0. The molecule has 0 bridgehead atoms. The molecule has 2 nitrogen and oxygen atoms in total. The van der Waals surface area contributed by atoms with E-state index in [2.05, 4.69) is 0 Å². The number of anilines is 1. The third kappa shape index (κ3) is 2.72. The Labute approximate surface area is 97.6 Å². The molecule has 0 aliphatic rings. The van der Waals surface area contributed by atoms with Gasteiger partial charge in [-0.1, -0.05) is 18.2 Å². The maximum absolute atomic E-state index is 13.2. The van der Waals surface area contributed by atoms with Gasteiger partial charge in [-0.25, -0.2) is 4.39 Å². The minimum Gasteiger partial charge on any atom is -0.486 e. The highest BCUT2D eigenvalue weighted by atomic mass is 19.2. The largest absolute Gasteiger partial charge is 0.486 e. The Morgan fingerprint density at radius 1 is 1.00 bits per heavy atom. The Morgan fingerprint density at radius 2 is 1.71 bits per heavy atom. The van der Waals surface area contributed by atoms with E-state index in [0.717, 1.165) is 11.6 Å². The Balaban J connectivity index is 2.07. The Hall–Kier alpha value is -2.10. The molecule has 0 unspecified atom stereocenters. The Bertz CT molecular complexity index is 511. The lowest BCUT2D eigenvalue weighted by Crippen LogP contribution is -1.99. The normalized spacial score (nSPS) is 10.2. The second-order valence-corrected chi connectivity index (χ2v) is 3.58. The van der Waals surface area contributed by atoms with Crippen molar-refractivity contribution in [3.8, 4) is 5.75 Å². The van der Waals surface area contributed by atoms with E-state index < -0.39 is 11.6 Å². The van der Waals surface area contributed by atoms with Gasteiger partial charge in [0.2, 0.25) is 5.82 Å². The molecule has 88 valence electrons. The number of nitrogen functional groups attached to an aromatic ring is 1. The zero-order valence-corrected chi connectivity index (χ0v) is 8.99. The number of nitrogens with two attached hydrogens (primary N) is 1. The van der Waals surface area contributed by atoms with Gasteiger partial charge >= 0.3 is 0 Å². The van der Waals surface area contributed by atoms with Crippen LogP contribution in [0.1, 0.15) is 5.56 Å².